The minimum Gasteiger partial charge on any atom is -0.487 e. The average molecular weight is 268 g/mol. The van der Waals surface area contributed by atoms with Crippen LogP contribution in [0.1, 0.15) is 24.6 Å². The van der Waals surface area contributed by atoms with Crippen molar-refractivity contribution in [2.24, 2.45) is 0 Å². The SMILES string of the molecule is c1cc(OC2CN(c3ccnc(C4CC4)n3)C2)ccn1. The summed E-state index contributed by atoms with van der Waals surface area (Å²) in [5, 5.41) is 0. The van der Waals surface area contributed by atoms with Crippen molar-refractivity contribution >= 4 is 5.82 Å². The number of rotatable bonds is 4. The number of pyridine rings is 1. The summed E-state index contributed by atoms with van der Waals surface area (Å²) in [7, 11) is 0. The first-order chi connectivity index (χ1) is 9.88. The normalized spacial score (nSPS) is 18.7. The Morgan fingerprint density at radius 1 is 1.05 bits per heavy atom. The van der Waals surface area contributed by atoms with Crippen molar-refractivity contribution in [1.29, 1.82) is 0 Å². The van der Waals surface area contributed by atoms with Crippen molar-refractivity contribution in [2.45, 2.75) is 24.9 Å². The molecule has 1 saturated heterocycles. The van der Waals surface area contributed by atoms with E-state index in [9.17, 15) is 0 Å². The van der Waals surface area contributed by atoms with E-state index in [1.54, 1.807) is 12.4 Å². The van der Waals surface area contributed by atoms with Crippen LogP contribution in [-0.4, -0.2) is 34.1 Å². The van der Waals surface area contributed by atoms with E-state index < -0.39 is 0 Å². The van der Waals surface area contributed by atoms with E-state index in [-0.39, 0.29) is 6.10 Å². The maximum Gasteiger partial charge on any atom is 0.134 e. The summed E-state index contributed by atoms with van der Waals surface area (Å²) in [6, 6.07) is 5.76. The molecule has 0 bridgehead atoms. The van der Waals surface area contributed by atoms with Crippen LogP contribution >= 0.6 is 0 Å². The van der Waals surface area contributed by atoms with Gasteiger partial charge in [-0.15, -0.1) is 0 Å². The monoisotopic (exact) mass is 268 g/mol. The molecule has 102 valence electrons. The van der Waals surface area contributed by atoms with Crippen LogP contribution in [-0.2, 0) is 0 Å². The highest BCUT2D eigenvalue weighted by molar-refractivity contribution is 5.42. The fourth-order valence-corrected chi connectivity index (χ4v) is 2.39. The lowest BCUT2D eigenvalue weighted by atomic mass is 10.1. The van der Waals surface area contributed by atoms with Gasteiger partial charge in [0.05, 0.1) is 13.1 Å². The highest BCUT2D eigenvalue weighted by atomic mass is 16.5. The second-order valence-corrected chi connectivity index (χ2v) is 5.38. The molecule has 2 aromatic heterocycles. The van der Waals surface area contributed by atoms with Crippen LogP contribution in [0.4, 0.5) is 5.82 Å². The molecule has 0 spiro atoms. The number of nitrogens with zero attached hydrogens (tertiary/aromatic N) is 4. The van der Waals surface area contributed by atoms with Crippen LogP contribution < -0.4 is 9.64 Å². The van der Waals surface area contributed by atoms with Crippen LogP contribution in [0.2, 0.25) is 0 Å². The van der Waals surface area contributed by atoms with E-state index in [0.717, 1.165) is 30.5 Å². The van der Waals surface area contributed by atoms with Crippen LogP contribution in [0, 0.1) is 0 Å². The molecule has 0 unspecified atom stereocenters. The molecule has 0 radical (unpaired) electrons. The van der Waals surface area contributed by atoms with Gasteiger partial charge in [-0.2, -0.15) is 0 Å². The molecular formula is C15H16N4O. The lowest BCUT2D eigenvalue weighted by molar-refractivity contribution is 0.166. The van der Waals surface area contributed by atoms with Gasteiger partial charge in [0.25, 0.3) is 0 Å². The zero-order valence-corrected chi connectivity index (χ0v) is 11.1. The van der Waals surface area contributed by atoms with Gasteiger partial charge in [-0.25, -0.2) is 9.97 Å². The van der Waals surface area contributed by atoms with Crippen LogP contribution in [0.25, 0.3) is 0 Å². The van der Waals surface area contributed by atoms with Gasteiger partial charge in [-0.05, 0) is 31.0 Å². The van der Waals surface area contributed by atoms with Crippen molar-refractivity contribution < 1.29 is 4.74 Å². The number of aromatic nitrogens is 3. The standard InChI is InChI=1S/C15H16N4O/c1-2-11(1)15-17-8-5-14(18-15)19-9-13(10-19)20-12-3-6-16-7-4-12/h3-8,11,13H,1-2,9-10H2. The molecule has 1 saturated carbocycles. The summed E-state index contributed by atoms with van der Waals surface area (Å²) in [5.74, 6) is 3.50. The van der Waals surface area contributed by atoms with Gasteiger partial charge in [0.15, 0.2) is 0 Å². The molecule has 2 fully saturated rings. The van der Waals surface area contributed by atoms with Gasteiger partial charge in [0.1, 0.15) is 23.5 Å². The molecule has 5 heteroatoms. The third kappa shape index (κ3) is 2.31. The Hall–Kier alpha value is -2.17. The van der Waals surface area contributed by atoms with Gasteiger partial charge in [0.2, 0.25) is 0 Å². The van der Waals surface area contributed by atoms with Gasteiger partial charge in [-0.1, -0.05) is 0 Å². The molecule has 20 heavy (non-hydrogen) atoms. The zero-order valence-electron chi connectivity index (χ0n) is 11.1. The number of hydrogen-bond acceptors (Lipinski definition) is 5. The minimum atomic E-state index is 0.233. The van der Waals surface area contributed by atoms with E-state index >= 15 is 0 Å². The molecule has 4 rings (SSSR count). The first-order valence-electron chi connectivity index (χ1n) is 7.03. The predicted octanol–water partition coefficient (Wildman–Crippen LogP) is 2.02. The summed E-state index contributed by atoms with van der Waals surface area (Å²) in [5.41, 5.74) is 0. The van der Waals surface area contributed by atoms with Gasteiger partial charge < -0.3 is 9.64 Å². The second kappa shape index (κ2) is 4.74. The Bertz CT molecular complexity index is 594. The third-order valence-corrected chi connectivity index (χ3v) is 3.73. The van der Waals surface area contributed by atoms with Crippen molar-refractivity contribution in [1.82, 2.24) is 15.0 Å². The number of hydrogen-bond donors (Lipinski definition) is 0. The Morgan fingerprint density at radius 3 is 2.60 bits per heavy atom. The Kier molecular flexibility index (Phi) is 2.76. The summed E-state index contributed by atoms with van der Waals surface area (Å²) in [6.07, 6.45) is 8.06. The molecule has 1 aliphatic heterocycles. The summed E-state index contributed by atoms with van der Waals surface area (Å²) < 4.78 is 5.87. The van der Waals surface area contributed by atoms with E-state index in [1.807, 2.05) is 24.4 Å². The molecular weight excluding hydrogens is 252 g/mol. The second-order valence-electron chi connectivity index (χ2n) is 5.38. The molecule has 1 aliphatic carbocycles. The van der Waals surface area contributed by atoms with Gasteiger partial charge >= 0.3 is 0 Å². The molecule has 2 aromatic rings. The summed E-state index contributed by atoms with van der Waals surface area (Å²) in [6.45, 7) is 1.76. The van der Waals surface area contributed by atoms with Gasteiger partial charge in [0, 0.05) is 24.5 Å². The molecule has 0 amide bonds. The Balaban J connectivity index is 1.37. The maximum atomic E-state index is 5.87. The first-order valence-corrected chi connectivity index (χ1v) is 7.03. The van der Waals surface area contributed by atoms with Crippen molar-refractivity contribution in [3.8, 4) is 5.75 Å². The number of ether oxygens (including phenoxy) is 1. The Labute approximate surface area is 117 Å². The predicted molar refractivity (Wildman–Crippen MR) is 74.9 cm³/mol. The highest BCUT2D eigenvalue weighted by Crippen LogP contribution is 2.38. The molecule has 0 N–H and O–H groups in total. The Morgan fingerprint density at radius 2 is 1.85 bits per heavy atom. The molecule has 2 aliphatic rings. The number of anilines is 1. The van der Waals surface area contributed by atoms with Crippen molar-refractivity contribution in [3.63, 3.8) is 0 Å². The molecule has 3 heterocycles. The van der Waals surface area contributed by atoms with Crippen LogP contribution in [0.15, 0.2) is 36.8 Å². The smallest absolute Gasteiger partial charge is 0.134 e. The zero-order chi connectivity index (χ0) is 13.4. The van der Waals surface area contributed by atoms with Crippen molar-refractivity contribution in [2.75, 3.05) is 18.0 Å². The van der Waals surface area contributed by atoms with E-state index in [0.29, 0.717) is 5.92 Å². The third-order valence-electron chi connectivity index (χ3n) is 3.73. The first kappa shape index (κ1) is 11.6. The largest absolute Gasteiger partial charge is 0.487 e. The molecule has 0 atom stereocenters. The van der Waals surface area contributed by atoms with Crippen molar-refractivity contribution in [3.05, 3.63) is 42.6 Å². The van der Waals surface area contributed by atoms with Gasteiger partial charge in [-0.3, -0.25) is 4.98 Å². The van der Waals surface area contributed by atoms with Crippen LogP contribution in [0.3, 0.4) is 0 Å². The highest BCUT2D eigenvalue weighted by Gasteiger charge is 2.31. The average Bonchev–Trinajstić information content (AvgIpc) is 3.28. The maximum absolute atomic E-state index is 5.87. The molecule has 0 aromatic carbocycles. The van der Waals surface area contributed by atoms with Crippen LogP contribution in [0.5, 0.6) is 5.75 Å². The summed E-state index contributed by atoms with van der Waals surface area (Å²) in [4.78, 5) is 15.2. The fourth-order valence-electron chi connectivity index (χ4n) is 2.39. The lowest BCUT2D eigenvalue weighted by Crippen LogP contribution is -2.54. The molecule has 5 nitrogen and oxygen atoms in total. The van der Waals surface area contributed by atoms with E-state index in [1.165, 1.54) is 12.8 Å². The lowest BCUT2D eigenvalue weighted by Gasteiger charge is -2.39. The van der Waals surface area contributed by atoms with E-state index in [2.05, 4.69) is 19.9 Å². The minimum absolute atomic E-state index is 0.233. The fraction of sp³-hybridized carbons (Fsp3) is 0.400. The van der Waals surface area contributed by atoms with E-state index in [4.69, 9.17) is 4.74 Å². The topological polar surface area (TPSA) is 51.1 Å². The summed E-state index contributed by atoms with van der Waals surface area (Å²) >= 11 is 0. The quantitative estimate of drug-likeness (QED) is 0.849.